The monoisotopic (exact) mass is 341 g/mol. The minimum atomic E-state index is 0.268. The average Bonchev–Trinajstić information content (AvgIpc) is 3.28. The van der Waals surface area contributed by atoms with Crippen molar-refractivity contribution in [2.45, 2.75) is 57.3 Å². The summed E-state index contributed by atoms with van der Waals surface area (Å²) < 4.78 is 1.80. The Morgan fingerprint density at radius 1 is 1.16 bits per heavy atom. The fraction of sp³-hybridized carbons (Fsp3) is 0.684. The number of fused-ring (bicyclic) bond motifs is 1. The van der Waals surface area contributed by atoms with Crippen LogP contribution in [0.2, 0.25) is 0 Å². The van der Waals surface area contributed by atoms with E-state index in [4.69, 9.17) is 0 Å². The first-order valence-corrected chi connectivity index (χ1v) is 9.64. The number of amides is 1. The molecule has 1 unspecified atom stereocenters. The maximum Gasteiger partial charge on any atom is 0.222 e. The van der Waals surface area contributed by atoms with Gasteiger partial charge in [0.15, 0.2) is 5.65 Å². The first kappa shape index (κ1) is 16.5. The van der Waals surface area contributed by atoms with Crippen LogP contribution in [0.25, 0.3) is 11.2 Å². The molecule has 3 heterocycles. The summed E-state index contributed by atoms with van der Waals surface area (Å²) in [4.78, 5) is 23.6. The van der Waals surface area contributed by atoms with Crippen molar-refractivity contribution in [3.05, 3.63) is 18.1 Å². The summed E-state index contributed by atoms with van der Waals surface area (Å²) in [6, 6.07) is 0. The molecule has 0 radical (unpaired) electrons. The summed E-state index contributed by atoms with van der Waals surface area (Å²) in [6.07, 6.45) is 12.6. The number of piperidine rings is 1. The van der Waals surface area contributed by atoms with Crippen LogP contribution in [-0.2, 0) is 11.8 Å². The van der Waals surface area contributed by atoms with Crippen LogP contribution in [0.15, 0.2) is 12.4 Å². The fourth-order valence-electron chi connectivity index (χ4n) is 4.49. The van der Waals surface area contributed by atoms with E-state index in [2.05, 4.69) is 20.0 Å². The van der Waals surface area contributed by atoms with Gasteiger partial charge in [0, 0.05) is 44.9 Å². The molecule has 25 heavy (non-hydrogen) atoms. The van der Waals surface area contributed by atoms with Gasteiger partial charge < -0.3 is 4.90 Å². The topological polar surface area (TPSA) is 63.9 Å². The molecular formula is C19H27N5O. The molecule has 2 aromatic rings. The summed E-state index contributed by atoms with van der Waals surface area (Å²) >= 11 is 0. The lowest BCUT2D eigenvalue weighted by molar-refractivity contribution is -0.132. The van der Waals surface area contributed by atoms with Crippen LogP contribution < -0.4 is 0 Å². The van der Waals surface area contributed by atoms with Gasteiger partial charge in [0.2, 0.25) is 5.91 Å². The van der Waals surface area contributed by atoms with Crippen molar-refractivity contribution in [3.63, 3.8) is 0 Å². The van der Waals surface area contributed by atoms with Gasteiger partial charge in [-0.3, -0.25) is 4.79 Å². The Hall–Kier alpha value is -1.98. The van der Waals surface area contributed by atoms with E-state index in [0.717, 1.165) is 55.1 Å². The molecule has 2 aliphatic rings. The first-order chi connectivity index (χ1) is 12.2. The van der Waals surface area contributed by atoms with Crippen LogP contribution in [0.4, 0.5) is 0 Å². The molecule has 6 nitrogen and oxygen atoms in total. The van der Waals surface area contributed by atoms with Gasteiger partial charge in [-0.15, -0.1) is 0 Å². The van der Waals surface area contributed by atoms with E-state index in [1.807, 2.05) is 7.05 Å². The van der Waals surface area contributed by atoms with Crippen LogP contribution in [0.3, 0.4) is 0 Å². The van der Waals surface area contributed by atoms with Crippen molar-refractivity contribution in [1.29, 1.82) is 0 Å². The van der Waals surface area contributed by atoms with E-state index in [1.54, 1.807) is 17.1 Å². The number of aromatic nitrogens is 4. The van der Waals surface area contributed by atoms with Gasteiger partial charge in [0.25, 0.3) is 0 Å². The Labute approximate surface area is 148 Å². The first-order valence-electron chi connectivity index (χ1n) is 9.64. The van der Waals surface area contributed by atoms with Crippen LogP contribution >= 0.6 is 0 Å². The molecule has 4 rings (SSSR count). The molecule has 0 bridgehead atoms. The Morgan fingerprint density at radius 2 is 1.96 bits per heavy atom. The van der Waals surface area contributed by atoms with Gasteiger partial charge in [-0.1, -0.05) is 25.7 Å². The molecular weight excluding hydrogens is 314 g/mol. The zero-order chi connectivity index (χ0) is 17.2. The van der Waals surface area contributed by atoms with Gasteiger partial charge in [0.05, 0.1) is 5.69 Å². The lowest BCUT2D eigenvalue weighted by Gasteiger charge is -2.32. The van der Waals surface area contributed by atoms with Crippen LogP contribution in [0, 0.1) is 5.92 Å². The standard InChI is InChI=1S/C19H27N5O/c1-23-19-18(20-10-11-21-19)17(22-23)15-7-4-12-24(13-15)16(25)9-8-14-5-2-3-6-14/h10-11,14-15H,2-9,12-13H2,1H3. The SMILES string of the molecule is Cn1nc(C2CCCN(C(=O)CCC3CCCC3)C2)c2nccnc21. The normalized spacial score (nSPS) is 22.0. The molecule has 6 heteroatoms. The van der Waals surface area contributed by atoms with E-state index >= 15 is 0 Å². The number of likely N-dealkylation sites (tertiary alicyclic amines) is 1. The van der Waals surface area contributed by atoms with Crippen molar-refractivity contribution in [2.24, 2.45) is 13.0 Å². The van der Waals surface area contributed by atoms with Crippen LogP contribution in [0.5, 0.6) is 0 Å². The molecule has 1 aliphatic heterocycles. The van der Waals surface area contributed by atoms with Gasteiger partial charge in [-0.25, -0.2) is 14.6 Å². The van der Waals surface area contributed by atoms with Crippen LogP contribution in [0.1, 0.15) is 63.0 Å². The third kappa shape index (κ3) is 3.39. The molecule has 0 aromatic carbocycles. The molecule has 2 aromatic heterocycles. The summed E-state index contributed by atoms with van der Waals surface area (Å²) in [5, 5.41) is 4.67. The average molecular weight is 341 g/mol. The predicted molar refractivity (Wildman–Crippen MR) is 96.1 cm³/mol. The van der Waals surface area contributed by atoms with E-state index in [-0.39, 0.29) is 5.92 Å². The molecule has 1 saturated carbocycles. The lowest BCUT2D eigenvalue weighted by atomic mass is 9.93. The quantitative estimate of drug-likeness (QED) is 0.857. The third-order valence-corrected chi connectivity index (χ3v) is 5.89. The van der Waals surface area contributed by atoms with Crippen molar-refractivity contribution in [2.75, 3.05) is 13.1 Å². The van der Waals surface area contributed by atoms with Gasteiger partial charge in [-0.2, -0.15) is 5.10 Å². The number of carbonyl (C=O) groups excluding carboxylic acids is 1. The highest BCUT2D eigenvalue weighted by Crippen LogP contribution is 2.31. The maximum absolute atomic E-state index is 12.7. The minimum absolute atomic E-state index is 0.268. The molecule has 1 amide bonds. The Kier molecular flexibility index (Phi) is 4.68. The third-order valence-electron chi connectivity index (χ3n) is 5.89. The predicted octanol–water partition coefficient (Wildman–Crippen LogP) is 3.04. The van der Waals surface area contributed by atoms with E-state index < -0.39 is 0 Å². The van der Waals surface area contributed by atoms with Crippen LogP contribution in [-0.4, -0.2) is 43.6 Å². The molecule has 2 fully saturated rings. The number of nitrogens with zero attached hydrogens (tertiary/aromatic N) is 5. The summed E-state index contributed by atoms with van der Waals surface area (Å²) in [5.74, 6) is 1.37. The zero-order valence-electron chi connectivity index (χ0n) is 15.0. The highest BCUT2D eigenvalue weighted by atomic mass is 16.2. The summed E-state index contributed by atoms with van der Waals surface area (Å²) in [5.41, 5.74) is 2.70. The Morgan fingerprint density at radius 3 is 2.80 bits per heavy atom. The summed E-state index contributed by atoms with van der Waals surface area (Å²) in [6.45, 7) is 1.66. The van der Waals surface area contributed by atoms with E-state index in [9.17, 15) is 4.79 Å². The summed E-state index contributed by atoms with van der Waals surface area (Å²) in [7, 11) is 1.91. The van der Waals surface area contributed by atoms with Gasteiger partial charge >= 0.3 is 0 Å². The lowest BCUT2D eigenvalue weighted by Crippen LogP contribution is -2.39. The van der Waals surface area contributed by atoms with E-state index in [0.29, 0.717) is 12.3 Å². The van der Waals surface area contributed by atoms with Gasteiger partial charge in [-0.05, 0) is 25.2 Å². The Bertz CT molecular complexity index is 749. The van der Waals surface area contributed by atoms with Crippen molar-refractivity contribution < 1.29 is 4.79 Å². The maximum atomic E-state index is 12.7. The molecule has 1 atom stereocenters. The number of carbonyl (C=O) groups is 1. The van der Waals surface area contributed by atoms with Crippen molar-refractivity contribution in [1.82, 2.24) is 24.6 Å². The second kappa shape index (κ2) is 7.10. The largest absolute Gasteiger partial charge is 0.342 e. The minimum Gasteiger partial charge on any atom is -0.342 e. The second-order valence-electron chi connectivity index (χ2n) is 7.61. The molecule has 1 saturated heterocycles. The smallest absolute Gasteiger partial charge is 0.222 e. The van der Waals surface area contributed by atoms with Crippen molar-refractivity contribution in [3.8, 4) is 0 Å². The molecule has 0 spiro atoms. The molecule has 0 N–H and O–H groups in total. The molecule has 134 valence electrons. The fourth-order valence-corrected chi connectivity index (χ4v) is 4.49. The van der Waals surface area contributed by atoms with Gasteiger partial charge in [0.1, 0.15) is 5.52 Å². The Balaban J connectivity index is 1.44. The van der Waals surface area contributed by atoms with Crippen molar-refractivity contribution >= 4 is 17.1 Å². The number of hydrogen-bond donors (Lipinski definition) is 0. The zero-order valence-corrected chi connectivity index (χ0v) is 15.0. The highest BCUT2D eigenvalue weighted by molar-refractivity contribution is 5.77. The number of hydrogen-bond acceptors (Lipinski definition) is 4. The second-order valence-corrected chi connectivity index (χ2v) is 7.61. The molecule has 1 aliphatic carbocycles. The highest BCUT2D eigenvalue weighted by Gasteiger charge is 2.29. The van der Waals surface area contributed by atoms with E-state index in [1.165, 1.54) is 25.7 Å². The number of aryl methyl sites for hydroxylation is 1. The number of rotatable bonds is 4.